The zero-order chi connectivity index (χ0) is 27.1. The number of ether oxygens (including phenoxy) is 2. The zero-order valence-electron chi connectivity index (χ0n) is 21.3. The minimum atomic E-state index is -0.906. The van der Waals surface area contributed by atoms with Gasteiger partial charge >= 0.3 is 5.97 Å². The fourth-order valence-corrected chi connectivity index (χ4v) is 5.13. The molecule has 3 N–H and O–H groups in total. The van der Waals surface area contributed by atoms with Crippen molar-refractivity contribution in [2.75, 3.05) is 13.2 Å². The lowest BCUT2D eigenvalue weighted by atomic mass is 9.95. The van der Waals surface area contributed by atoms with E-state index in [1.165, 1.54) is 0 Å². The van der Waals surface area contributed by atoms with Crippen LogP contribution in [0.4, 0.5) is 0 Å². The molecule has 0 amide bonds. The Morgan fingerprint density at radius 2 is 1.74 bits per heavy atom. The van der Waals surface area contributed by atoms with Crippen molar-refractivity contribution in [1.82, 2.24) is 0 Å². The lowest BCUT2D eigenvalue weighted by Crippen LogP contribution is -2.21. The van der Waals surface area contributed by atoms with Crippen LogP contribution in [0.1, 0.15) is 36.0 Å². The van der Waals surface area contributed by atoms with Crippen LogP contribution in [-0.2, 0) is 11.4 Å². The van der Waals surface area contributed by atoms with Gasteiger partial charge in [-0.3, -0.25) is 4.79 Å². The van der Waals surface area contributed by atoms with E-state index in [1.807, 2.05) is 55.5 Å². The van der Waals surface area contributed by atoms with Gasteiger partial charge in [0.05, 0.1) is 18.9 Å². The van der Waals surface area contributed by atoms with E-state index in [9.17, 15) is 9.90 Å². The first-order chi connectivity index (χ1) is 18.4. The number of carboxylic acids is 1. The summed E-state index contributed by atoms with van der Waals surface area (Å²) in [6.45, 7) is 3.82. The summed E-state index contributed by atoms with van der Waals surface area (Å²) >= 11 is 1.67. The number of fused-ring (bicyclic) bond motifs is 1. The van der Waals surface area contributed by atoms with E-state index in [-0.39, 0.29) is 25.6 Å². The molecule has 4 rings (SSSR count). The molecule has 0 saturated carbocycles. The largest absolute Gasteiger partial charge is 0.491 e. The first kappa shape index (κ1) is 27.2. The van der Waals surface area contributed by atoms with Crippen LogP contribution in [0.5, 0.6) is 11.5 Å². The van der Waals surface area contributed by atoms with Gasteiger partial charge in [0.25, 0.3) is 0 Å². The molecule has 0 aliphatic rings. The Labute approximate surface area is 226 Å². The number of carboxylic acid groups (broad SMARTS) is 1. The minimum Gasteiger partial charge on any atom is -0.491 e. The number of aliphatic carboxylic acids is 1. The minimum absolute atomic E-state index is 0.0261. The summed E-state index contributed by atoms with van der Waals surface area (Å²) in [5.74, 6) is 6.00. The van der Waals surface area contributed by atoms with Gasteiger partial charge in [-0.2, -0.15) is 0 Å². The predicted molar refractivity (Wildman–Crippen MR) is 150 cm³/mol. The molecule has 0 bridgehead atoms. The number of carbonyl (C=O) groups is 1. The lowest BCUT2D eigenvalue weighted by molar-refractivity contribution is -0.137. The molecule has 2 atom stereocenters. The second-order valence-corrected chi connectivity index (χ2v) is 9.92. The van der Waals surface area contributed by atoms with E-state index in [2.05, 4.69) is 29.4 Å². The summed E-state index contributed by atoms with van der Waals surface area (Å²) in [6.07, 6.45) is -0.932. The Morgan fingerprint density at radius 3 is 2.42 bits per heavy atom. The summed E-state index contributed by atoms with van der Waals surface area (Å²) in [4.78, 5) is 11.2. The number of rotatable bonds is 11. The molecule has 3 aromatic carbocycles. The van der Waals surface area contributed by atoms with Crippen LogP contribution < -0.4 is 9.47 Å². The van der Waals surface area contributed by atoms with Gasteiger partial charge in [0.15, 0.2) is 0 Å². The van der Waals surface area contributed by atoms with Crippen molar-refractivity contribution in [1.29, 1.82) is 0 Å². The molecule has 0 aliphatic carbocycles. The van der Waals surface area contributed by atoms with Crippen LogP contribution in [0.2, 0.25) is 0 Å². The van der Waals surface area contributed by atoms with E-state index in [1.54, 1.807) is 18.3 Å². The molecule has 4 aromatic rings. The Kier molecular flexibility index (Phi) is 9.03. The van der Waals surface area contributed by atoms with Crippen molar-refractivity contribution in [3.8, 4) is 34.5 Å². The summed E-state index contributed by atoms with van der Waals surface area (Å²) in [7, 11) is 0. The second kappa shape index (κ2) is 12.6. The first-order valence-corrected chi connectivity index (χ1v) is 13.2. The fourth-order valence-electron chi connectivity index (χ4n) is 4.19. The van der Waals surface area contributed by atoms with Gasteiger partial charge in [0, 0.05) is 15.6 Å². The van der Waals surface area contributed by atoms with E-state index in [0.717, 1.165) is 43.7 Å². The van der Waals surface area contributed by atoms with E-state index < -0.39 is 12.1 Å². The second-order valence-electron chi connectivity index (χ2n) is 9.01. The molecule has 0 saturated heterocycles. The molecule has 0 spiro atoms. The average molecular weight is 531 g/mol. The average Bonchev–Trinajstić information content (AvgIpc) is 3.33. The maximum Gasteiger partial charge on any atom is 0.304 e. The van der Waals surface area contributed by atoms with Gasteiger partial charge in [-0.05, 0) is 71.8 Å². The highest BCUT2D eigenvalue weighted by molar-refractivity contribution is 7.17. The standard InChI is InChI=1S/C31H30O6S/c1-3-4-23(14-31(34)35)22-7-5-21(6-8-22)17-36-26-10-12-30-28(15-26)29(19-38-30)27-11-9-25(13-20(27)2)37-18-24(33)16-32/h5-13,15,19,23-24,32-33H,14,16-18H2,1-2H3,(H,34,35)/t23-,24-/m0/s1. The SMILES string of the molecule is CC#C[C@@H](CC(=O)O)c1ccc(COc2ccc3scc(-c4ccc(OC[C@@H](O)CO)cc4C)c3c2)cc1. The van der Waals surface area contributed by atoms with E-state index >= 15 is 0 Å². The summed E-state index contributed by atoms with van der Waals surface area (Å²) in [5.41, 5.74) is 5.11. The van der Waals surface area contributed by atoms with Crippen LogP contribution in [0.3, 0.4) is 0 Å². The third-order valence-electron chi connectivity index (χ3n) is 6.17. The molecule has 38 heavy (non-hydrogen) atoms. The third-order valence-corrected chi connectivity index (χ3v) is 7.13. The van der Waals surface area contributed by atoms with Crippen LogP contribution in [0.15, 0.2) is 66.0 Å². The van der Waals surface area contributed by atoms with Crippen LogP contribution >= 0.6 is 11.3 Å². The Balaban J connectivity index is 1.48. The summed E-state index contributed by atoms with van der Waals surface area (Å²) < 4.78 is 12.8. The highest BCUT2D eigenvalue weighted by atomic mass is 32.1. The highest BCUT2D eigenvalue weighted by Gasteiger charge is 2.14. The Morgan fingerprint density at radius 1 is 1.00 bits per heavy atom. The van der Waals surface area contributed by atoms with Gasteiger partial charge < -0.3 is 24.8 Å². The summed E-state index contributed by atoms with van der Waals surface area (Å²) in [5, 5.41) is 30.9. The van der Waals surface area contributed by atoms with Gasteiger partial charge in [-0.1, -0.05) is 36.3 Å². The van der Waals surface area contributed by atoms with Crippen molar-refractivity contribution in [2.45, 2.75) is 38.9 Å². The monoisotopic (exact) mass is 530 g/mol. The molecule has 1 aromatic heterocycles. The summed E-state index contributed by atoms with van der Waals surface area (Å²) in [6, 6.07) is 19.6. The third kappa shape index (κ3) is 6.73. The van der Waals surface area contributed by atoms with Crippen molar-refractivity contribution >= 4 is 27.4 Å². The number of hydrogen-bond acceptors (Lipinski definition) is 6. The molecule has 1 heterocycles. The molecular weight excluding hydrogens is 500 g/mol. The van der Waals surface area contributed by atoms with E-state index in [4.69, 9.17) is 19.7 Å². The molecule has 0 aliphatic heterocycles. The molecule has 0 unspecified atom stereocenters. The Bertz CT molecular complexity index is 1460. The van der Waals surface area contributed by atoms with Crippen molar-refractivity contribution < 1.29 is 29.6 Å². The number of aliphatic hydroxyl groups is 2. The molecule has 0 radical (unpaired) electrons. The maximum absolute atomic E-state index is 11.2. The topological polar surface area (TPSA) is 96.2 Å². The fraction of sp³-hybridized carbons (Fsp3) is 0.258. The van der Waals surface area contributed by atoms with Crippen LogP contribution in [-0.4, -0.2) is 40.6 Å². The lowest BCUT2D eigenvalue weighted by Gasteiger charge is -2.13. The highest BCUT2D eigenvalue weighted by Crippen LogP contribution is 2.38. The molecule has 7 heteroatoms. The first-order valence-electron chi connectivity index (χ1n) is 12.3. The van der Waals surface area contributed by atoms with Crippen molar-refractivity contribution in [2.24, 2.45) is 0 Å². The normalized spacial score (nSPS) is 12.4. The molecule has 6 nitrogen and oxygen atoms in total. The van der Waals surface area contributed by atoms with Crippen LogP contribution in [0.25, 0.3) is 21.2 Å². The molecule has 0 fully saturated rings. The molecular formula is C31H30O6S. The number of thiophene rings is 1. The quantitative estimate of drug-likeness (QED) is 0.213. The number of benzene rings is 3. The van der Waals surface area contributed by atoms with E-state index in [0.29, 0.717) is 12.4 Å². The zero-order valence-corrected chi connectivity index (χ0v) is 22.1. The van der Waals surface area contributed by atoms with Gasteiger partial charge in [-0.15, -0.1) is 17.3 Å². The van der Waals surface area contributed by atoms with Gasteiger partial charge in [-0.25, -0.2) is 0 Å². The van der Waals surface area contributed by atoms with Gasteiger partial charge in [0.1, 0.15) is 30.8 Å². The smallest absolute Gasteiger partial charge is 0.304 e. The Hall–Kier alpha value is -3.83. The number of hydrogen-bond donors (Lipinski definition) is 3. The van der Waals surface area contributed by atoms with Crippen LogP contribution in [0, 0.1) is 18.8 Å². The molecule has 196 valence electrons. The maximum atomic E-state index is 11.2. The van der Waals surface area contributed by atoms with Crippen molar-refractivity contribution in [3.05, 3.63) is 82.7 Å². The number of aryl methyl sites for hydroxylation is 1. The predicted octanol–water partition coefficient (Wildman–Crippen LogP) is 5.77. The van der Waals surface area contributed by atoms with Gasteiger partial charge in [0.2, 0.25) is 0 Å². The number of aliphatic hydroxyl groups excluding tert-OH is 2. The van der Waals surface area contributed by atoms with Crippen molar-refractivity contribution in [3.63, 3.8) is 0 Å².